The fourth-order valence-electron chi connectivity index (χ4n) is 4.44. The molecule has 0 amide bonds. The van der Waals surface area contributed by atoms with E-state index in [9.17, 15) is 0 Å². The van der Waals surface area contributed by atoms with Crippen LogP contribution in [-0.2, 0) is 4.74 Å². The second-order valence-electron chi connectivity index (χ2n) is 8.66. The molecule has 0 saturated carbocycles. The Kier molecular flexibility index (Phi) is 6.97. The van der Waals surface area contributed by atoms with Gasteiger partial charge in [0.1, 0.15) is 0 Å². The van der Waals surface area contributed by atoms with Gasteiger partial charge in [-0.05, 0) is 24.8 Å². The lowest BCUT2D eigenvalue weighted by molar-refractivity contribution is 0.0976. The SMILES string of the molecule is CC(C)COCCCOc1cc(N2C3CCC2CN(c2cc(Cl)nnc2N)C3)ccn1. The van der Waals surface area contributed by atoms with Gasteiger partial charge < -0.3 is 25.0 Å². The number of ether oxygens (including phenoxy) is 2. The molecule has 2 atom stereocenters. The van der Waals surface area contributed by atoms with Gasteiger partial charge in [0.05, 0.1) is 12.3 Å². The lowest BCUT2D eigenvalue weighted by Crippen LogP contribution is -2.54. The van der Waals surface area contributed by atoms with Crippen molar-refractivity contribution in [2.45, 2.75) is 45.2 Å². The van der Waals surface area contributed by atoms with Gasteiger partial charge in [-0.1, -0.05) is 25.4 Å². The first-order valence-corrected chi connectivity index (χ1v) is 11.4. The van der Waals surface area contributed by atoms with Gasteiger partial charge in [-0.25, -0.2) is 4.98 Å². The maximum Gasteiger partial charge on any atom is 0.215 e. The highest BCUT2D eigenvalue weighted by molar-refractivity contribution is 6.29. The smallest absolute Gasteiger partial charge is 0.215 e. The maximum absolute atomic E-state index is 6.07. The molecule has 2 fully saturated rings. The van der Waals surface area contributed by atoms with Crippen molar-refractivity contribution < 1.29 is 9.47 Å². The van der Waals surface area contributed by atoms with Gasteiger partial charge in [0.25, 0.3) is 0 Å². The number of rotatable bonds is 9. The average molecular weight is 447 g/mol. The molecule has 0 aliphatic carbocycles. The summed E-state index contributed by atoms with van der Waals surface area (Å²) in [6.07, 6.45) is 4.96. The van der Waals surface area contributed by atoms with Crippen LogP contribution in [0.1, 0.15) is 33.1 Å². The quantitative estimate of drug-likeness (QED) is 0.586. The summed E-state index contributed by atoms with van der Waals surface area (Å²) < 4.78 is 11.5. The number of pyridine rings is 1. The van der Waals surface area contributed by atoms with E-state index < -0.39 is 0 Å². The van der Waals surface area contributed by atoms with Crippen molar-refractivity contribution in [2.24, 2.45) is 5.92 Å². The summed E-state index contributed by atoms with van der Waals surface area (Å²) in [5, 5.41) is 8.17. The topological polar surface area (TPSA) is 89.6 Å². The lowest BCUT2D eigenvalue weighted by atomic mass is 10.1. The third-order valence-electron chi connectivity index (χ3n) is 5.75. The van der Waals surface area contributed by atoms with Crippen LogP contribution >= 0.6 is 11.6 Å². The summed E-state index contributed by atoms with van der Waals surface area (Å²) in [6, 6.07) is 6.71. The summed E-state index contributed by atoms with van der Waals surface area (Å²) in [4.78, 5) is 9.17. The Bertz CT molecular complexity index is 869. The average Bonchev–Trinajstić information content (AvgIpc) is 3.02. The molecule has 2 N–H and O–H groups in total. The Balaban J connectivity index is 1.36. The molecule has 4 heterocycles. The number of nitrogens with zero attached hydrogens (tertiary/aromatic N) is 5. The van der Waals surface area contributed by atoms with Crippen LogP contribution in [0.25, 0.3) is 0 Å². The van der Waals surface area contributed by atoms with Gasteiger partial charge in [-0.2, -0.15) is 0 Å². The van der Waals surface area contributed by atoms with E-state index in [1.165, 1.54) is 0 Å². The zero-order valence-corrected chi connectivity index (χ0v) is 19.0. The van der Waals surface area contributed by atoms with Crippen LogP contribution < -0.4 is 20.3 Å². The molecular formula is C22H31ClN6O2. The van der Waals surface area contributed by atoms with Gasteiger partial charge in [0.15, 0.2) is 11.0 Å². The molecule has 168 valence electrons. The molecule has 8 nitrogen and oxygen atoms in total. The minimum atomic E-state index is 0.365. The molecule has 0 radical (unpaired) electrons. The number of piperazine rings is 1. The van der Waals surface area contributed by atoms with Crippen molar-refractivity contribution in [2.75, 3.05) is 48.4 Å². The zero-order chi connectivity index (χ0) is 21.8. The third kappa shape index (κ3) is 5.30. The second kappa shape index (κ2) is 9.87. The number of nitrogen functional groups attached to an aromatic ring is 1. The van der Waals surface area contributed by atoms with Crippen molar-refractivity contribution in [1.82, 2.24) is 15.2 Å². The van der Waals surface area contributed by atoms with E-state index in [4.69, 9.17) is 26.8 Å². The minimum Gasteiger partial charge on any atom is -0.478 e. The van der Waals surface area contributed by atoms with E-state index in [1.54, 1.807) is 0 Å². The Morgan fingerprint density at radius 3 is 2.68 bits per heavy atom. The van der Waals surface area contributed by atoms with Gasteiger partial charge >= 0.3 is 0 Å². The highest BCUT2D eigenvalue weighted by Gasteiger charge is 2.40. The lowest BCUT2D eigenvalue weighted by Gasteiger charge is -2.43. The number of fused-ring (bicyclic) bond motifs is 2. The van der Waals surface area contributed by atoms with Gasteiger partial charge in [-0.3, -0.25) is 0 Å². The van der Waals surface area contributed by atoms with E-state index in [0.717, 1.165) is 50.3 Å². The Hall–Kier alpha value is -2.32. The number of halogens is 1. The standard InChI is InChI=1S/C22H31ClN6O2/c1-15(2)14-30-8-3-9-31-21-10-16(6-7-25-21)29-17-4-5-18(29)13-28(12-17)19-11-20(23)26-27-22(19)24/h6-7,10-11,15,17-18H,3-5,8-9,12-14H2,1-2H3,(H2,24,27). The molecule has 9 heteroatoms. The van der Waals surface area contributed by atoms with E-state index in [1.807, 2.05) is 12.3 Å². The van der Waals surface area contributed by atoms with Crippen LogP contribution in [0.5, 0.6) is 5.88 Å². The predicted molar refractivity (Wildman–Crippen MR) is 123 cm³/mol. The molecule has 2 aliphatic heterocycles. The van der Waals surface area contributed by atoms with Crippen molar-refractivity contribution in [3.8, 4) is 5.88 Å². The van der Waals surface area contributed by atoms with E-state index in [2.05, 4.69) is 51.0 Å². The third-order valence-corrected chi connectivity index (χ3v) is 5.93. The number of hydrogen-bond donors (Lipinski definition) is 1. The molecular weight excluding hydrogens is 416 g/mol. The van der Waals surface area contributed by atoms with Gasteiger partial charge in [0, 0.05) is 68.8 Å². The van der Waals surface area contributed by atoms with E-state index in [0.29, 0.717) is 48.1 Å². The fourth-order valence-corrected chi connectivity index (χ4v) is 4.58. The summed E-state index contributed by atoms with van der Waals surface area (Å²) in [6.45, 7) is 8.14. The second-order valence-corrected chi connectivity index (χ2v) is 9.05. The van der Waals surface area contributed by atoms with Crippen LogP contribution in [-0.4, -0.2) is 60.2 Å². The minimum absolute atomic E-state index is 0.365. The van der Waals surface area contributed by atoms with Crippen LogP contribution in [0.15, 0.2) is 24.4 Å². The van der Waals surface area contributed by atoms with Gasteiger partial charge in [0.2, 0.25) is 5.88 Å². The van der Waals surface area contributed by atoms with Crippen molar-refractivity contribution in [3.63, 3.8) is 0 Å². The van der Waals surface area contributed by atoms with Crippen molar-refractivity contribution in [1.29, 1.82) is 0 Å². The van der Waals surface area contributed by atoms with Crippen molar-refractivity contribution >= 4 is 28.8 Å². The highest BCUT2D eigenvalue weighted by atomic mass is 35.5. The molecule has 2 aromatic heterocycles. The molecule has 31 heavy (non-hydrogen) atoms. The predicted octanol–water partition coefficient (Wildman–Crippen LogP) is 3.41. The first kappa shape index (κ1) is 21.9. The fraction of sp³-hybridized carbons (Fsp3) is 0.591. The first-order chi connectivity index (χ1) is 15.0. The molecule has 2 aliphatic rings. The number of nitrogens with two attached hydrogens (primary N) is 1. The Morgan fingerprint density at radius 2 is 1.94 bits per heavy atom. The number of anilines is 3. The highest BCUT2D eigenvalue weighted by Crippen LogP contribution is 2.38. The molecule has 0 spiro atoms. The largest absolute Gasteiger partial charge is 0.478 e. The molecule has 0 aromatic carbocycles. The first-order valence-electron chi connectivity index (χ1n) is 11.0. The summed E-state index contributed by atoms with van der Waals surface area (Å²) in [5.41, 5.74) is 8.10. The monoisotopic (exact) mass is 446 g/mol. The zero-order valence-electron chi connectivity index (χ0n) is 18.2. The molecule has 4 rings (SSSR count). The van der Waals surface area contributed by atoms with E-state index >= 15 is 0 Å². The molecule has 2 unspecified atom stereocenters. The molecule has 2 aromatic rings. The number of hydrogen-bond acceptors (Lipinski definition) is 8. The molecule has 2 saturated heterocycles. The van der Waals surface area contributed by atoms with Crippen LogP contribution in [0.2, 0.25) is 5.15 Å². The van der Waals surface area contributed by atoms with Crippen LogP contribution in [0, 0.1) is 5.92 Å². The van der Waals surface area contributed by atoms with E-state index in [-0.39, 0.29) is 0 Å². The molecule has 2 bridgehead atoms. The van der Waals surface area contributed by atoms with Crippen molar-refractivity contribution in [3.05, 3.63) is 29.5 Å². The summed E-state index contributed by atoms with van der Waals surface area (Å²) in [5.74, 6) is 1.64. The normalized spacial score (nSPS) is 20.5. The Labute approximate surface area is 188 Å². The summed E-state index contributed by atoms with van der Waals surface area (Å²) in [7, 11) is 0. The maximum atomic E-state index is 6.07. The number of aromatic nitrogens is 3. The van der Waals surface area contributed by atoms with Crippen LogP contribution in [0.3, 0.4) is 0 Å². The van der Waals surface area contributed by atoms with Gasteiger partial charge in [-0.15, -0.1) is 10.2 Å². The van der Waals surface area contributed by atoms with Crippen LogP contribution in [0.4, 0.5) is 17.2 Å². The Morgan fingerprint density at radius 1 is 1.16 bits per heavy atom. The summed E-state index contributed by atoms with van der Waals surface area (Å²) >= 11 is 6.05.